The van der Waals surface area contributed by atoms with Gasteiger partial charge in [-0.25, -0.2) is 9.67 Å². The lowest BCUT2D eigenvalue weighted by atomic mass is 10.2. The van der Waals surface area contributed by atoms with Gasteiger partial charge in [-0.15, -0.1) is 5.10 Å². The minimum Gasteiger partial charge on any atom is -0.397 e. The smallest absolute Gasteiger partial charge is 0.222 e. The maximum Gasteiger partial charge on any atom is 0.222 e. The molecule has 0 saturated carbocycles. The number of hydrogen-bond acceptors (Lipinski definition) is 6. The molecule has 1 N–H and O–H groups in total. The summed E-state index contributed by atoms with van der Waals surface area (Å²) in [7, 11) is 1.45. The van der Waals surface area contributed by atoms with Crippen molar-refractivity contribution >= 4 is 18.1 Å². The van der Waals surface area contributed by atoms with Gasteiger partial charge < -0.3 is 4.84 Å². The fraction of sp³-hybridized carbons (Fsp3) is 0.154. The molecule has 2 aromatic heterocycles. The number of H-pyrrole nitrogens is 1. The third-order valence-electron chi connectivity index (χ3n) is 2.90. The van der Waals surface area contributed by atoms with Crippen LogP contribution in [0.1, 0.15) is 11.3 Å². The van der Waals surface area contributed by atoms with Crippen molar-refractivity contribution in [3.63, 3.8) is 0 Å². The molecule has 3 rings (SSSR count). The molecule has 2 heterocycles. The molecule has 0 amide bonds. The van der Waals surface area contributed by atoms with E-state index in [2.05, 4.69) is 25.4 Å². The molecule has 0 unspecified atom stereocenters. The van der Waals surface area contributed by atoms with Crippen LogP contribution in [0, 0.1) is 11.7 Å². The molecule has 0 spiro atoms. The van der Waals surface area contributed by atoms with Crippen LogP contribution in [0.3, 0.4) is 0 Å². The number of benzene rings is 1. The van der Waals surface area contributed by atoms with Crippen LogP contribution in [-0.2, 0) is 4.84 Å². The Labute approximate surface area is 131 Å². The molecule has 0 fully saturated rings. The molecule has 0 atom stereocenters. The standard InChI is InChI=1S/C13H13N7OS/c1-9-4-3-5-10(6-9)20-15-7-11(17-20)12(18-21-2)19-13(22)14-8-16-19/h3-8H,1-2H3,(H,14,16,22). The molecule has 3 aromatic rings. The normalized spacial score (nSPS) is 11.6. The summed E-state index contributed by atoms with van der Waals surface area (Å²) in [6.07, 6.45) is 3.06. The van der Waals surface area contributed by atoms with Gasteiger partial charge in [0, 0.05) is 0 Å². The summed E-state index contributed by atoms with van der Waals surface area (Å²) in [6.45, 7) is 2.01. The summed E-state index contributed by atoms with van der Waals surface area (Å²) in [4.78, 5) is 10.3. The molecule has 9 heteroatoms. The molecule has 0 radical (unpaired) electrons. The minimum absolute atomic E-state index is 0.320. The highest BCUT2D eigenvalue weighted by molar-refractivity contribution is 7.71. The van der Waals surface area contributed by atoms with E-state index in [-0.39, 0.29) is 0 Å². The number of aromatic amines is 1. The van der Waals surface area contributed by atoms with Crippen molar-refractivity contribution in [3.05, 3.63) is 52.8 Å². The van der Waals surface area contributed by atoms with E-state index in [1.165, 1.54) is 22.9 Å². The Bertz CT molecular complexity index is 876. The van der Waals surface area contributed by atoms with E-state index in [0.717, 1.165) is 11.3 Å². The third-order valence-corrected chi connectivity index (χ3v) is 3.18. The monoisotopic (exact) mass is 315 g/mol. The van der Waals surface area contributed by atoms with Gasteiger partial charge in [0.2, 0.25) is 10.6 Å². The maximum atomic E-state index is 5.12. The van der Waals surface area contributed by atoms with E-state index in [9.17, 15) is 0 Å². The lowest BCUT2D eigenvalue weighted by molar-refractivity contribution is 0.212. The van der Waals surface area contributed by atoms with Gasteiger partial charge in [-0.2, -0.15) is 9.90 Å². The van der Waals surface area contributed by atoms with Crippen LogP contribution >= 0.6 is 12.2 Å². The van der Waals surface area contributed by atoms with Gasteiger partial charge in [0.15, 0.2) is 5.69 Å². The van der Waals surface area contributed by atoms with E-state index in [1.54, 1.807) is 6.20 Å². The first-order chi connectivity index (χ1) is 10.7. The maximum absolute atomic E-state index is 5.12. The van der Waals surface area contributed by atoms with Gasteiger partial charge in [0.05, 0.1) is 11.9 Å². The van der Waals surface area contributed by atoms with E-state index >= 15 is 0 Å². The highest BCUT2D eigenvalue weighted by Crippen LogP contribution is 2.09. The summed E-state index contributed by atoms with van der Waals surface area (Å²) in [6, 6.07) is 7.86. The summed E-state index contributed by atoms with van der Waals surface area (Å²) < 4.78 is 1.81. The SMILES string of the molecule is CON=C(c1cnn(-c2cccc(C)c2)n1)n1[nH]cnc1=S. The van der Waals surface area contributed by atoms with Crippen LogP contribution in [0.2, 0.25) is 0 Å². The molecule has 0 aliphatic heterocycles. The Morgan fingerprint density at radius 3 is 2.95 bits per heavy atom. The molecule has 1 aromatic carbocycles. The van der Waals surface area contributed by atoms with Crippen molar-refractivity contribution in [3.8, 4) is 5.69 Å². The molecule has 112 valence electrons. The van der Waals surface area contributed by atoms with Crippen LogP contribution < -0.4 is 0 Å². The van der Waals surface area contributed by atoms with Gasteiger partial charge >= 0.3 is 0 Å². The molecule has 0 bridgehead atoms. The Morgan fingerprint density at radius 1 is 1.41 bits per heavy atom. The van der Waals surface area contributed by atoms with Crippen molar-refractivity contribution in [2.24, 2.45) is 5.16 Å². The highest BCUT2D eigenvalue weighted by Gasteiger charge is 2.14. The van der Waals surface area contributed by atoms with Crippen LogP contribution in [0.4, 0.5) is 0 Å². The molecule has 22 heavy (non-hydrogen) atoms. The van der Waals surface area contributed by atoms with Gasteiger partial charge in [0.25, 0.3) is 0 Å². The Balaban J connectivity index is 2.03. The summed E-state index contributed by atoms with van der Waals surface area (Å²) in [5, 5.41) is 15.5. The van der Waals surface area contributed by atoms with Crippen molar-refractivity contribution in [2.45, 2.75) is 6.92 Å². The molecular weight excluding hydrogens is 302 g/mol. The molecular formula is C13H13N7OS. The fourth-order valence-corrected chi connectivity index (χ4v) is 2.13. The first-order valence-electron chi connectivity index (χ1n) is 6.43. The van der Waals surface area contributed by atoms with E-state index in [0.29, 0.717) is 16.3 Å². The van der Waals surface area contributed by atoms with Crippen LogP contribution in [0.5, 0.6) is 0 Å². The van der Waals surface area contributed by atoms with E-state index < -0.39 is 0 Å². The zero-order chi connectivity index (χ0) is 15.5. The minimum atomic E-state index is 0.320. The summed E-state index contributed by atoms with van der Waals surface area (Å²) in [5.41, 5.74) is 2.48. The first-order valence-corrected chi connectivity index (χ1v) is 6.83. The number of rotatable bonds is 3. The topological polar surface area (TPSA) is 85.9 Å². The average Bonchev–Trinajstić information content (AvgIpc) is 3.14. The highest BCUT2D eigenvalue weighted by atomic mass is 32.1. The van der Waals surface area contributed by atoms with Crippen LogP contribution in [0.15, 0.2) is 41.9 Å². The Morgan fingerprint density at radius 2 is 2.27 bits per heavy atom. The fourth-order valence-electron chi connectivity index (χ4n) is 1.94. The predicted molar refractivity (Wildman–Crippen MR) is 82.5 cm³/mol. The number of aromatic nitrogens is 6. The third kappa shape index (κ3) is 2.66. The lowest BCUT2D eigenvalue weighted by Gasteiger charge is -2.02. The molecule has 8 nitrogen and oxygen atoms in total. The number of oxime groups is 1. The average molecular weight is 315 g/mol. The summed E-state index contributed by atoms with van der Waals surface area (Å²) >= 11 is 5.12. The van der Waals surface area contributed by atoms with Crippen molar-refractivity contribution in [1.29, 1.82) is 0 Å². The quantitative estimate of drug-likeness (QED) is 0.344. The second kappa shape index (κ2) is 5.90. The number of aryl methyl sites for hydroxylation is 1. The largest absolute Gasteiger partial charge is 0.397 e. The Hall–Kier alpha value is -2.81. The zero-order valence-corrected chi connectivity index (χ0v) is 12.8. The van der Waals surface area contributed by atoms with Crippen LogP contribution in [0.25, 0.3) is 5.69 Å². The molecule has 0 aliphatic rings. The van der Waals surface area contributed by atoms with Crippen LogP contribution in [-0.4, -0.2) is 42.7 Å². The zero-order valence-electron chi connectivity index (χ0n) is 12.0. The second-order valence-corrected chi connectivity index (χ2v) is 4.83. The molecule has 0 aliphatic carbocycles. The Kier molecular flexibility index (Phi) is 3.79. The van der Waals surface area contributed by atoms with Gasteiger partial charge in [-0.3, -0.25) is 5.10 Å². The van der Waals surface area contributed by atoms with Crippen molar-refractivity contribution < 1.29 is 4.84 Å². The van der Waals surface area contributed by atoms with Gasteiger partial charge in [-0.05, 0) is 36.8 Å². The van der Waals surface area contributed by atoms with Crippen molar-refractivity contribution in [2.75, 3.05) is 7.11 Å². The second-order valence-electron chi connectivity index (χ2n) is 4.46. The first kappa shape index (κ1) is 14.1. The van der Waals surface area contributed by atoms with Gasteiger partial charge in [-0.1, -0.05) is 17.3 Å². The van der Waals surface area contributed by atoms with Gasteiger partial charge in [0.1, 0.15) is 13.4 Å². The lowest BCUT2D eigenvalue weighted by Crippen LogP contribution is -2.17. The number of hydrogen-bond donors (Lipinski definition) is 1. The predicted octanol–water partition coefficient (Wildman–Crippen LogP) is 1.69. The molecule has 0 saturated heterocycles. The van der Waals surface area contributed by atoms with Crippen molar-refractivity contribution in [1.82, 2.24) is 29.8 Å². The summed E-state index contributed by atoms with van der Waals surface area (Å²) in [5.74, 6) is 0.379. The number of nitrogens with one attached hydrogen (secondary N) is 1. The van der Waals surface area contributed by atoms with E-state index in [1.807, 2.05) is 31.2 Å². The van der Waals surface area contributed by atoms with E-state index in [4.69, 9.17) is 17.1 Å². The number of nitrogens with zero attached hydrogens (tertiary/aromatic N) is 6.